The van der Waals surface area contributed by atoms with Crippen LogP contribution in [-0.2, 0) is 22.6 Å². The van der Waals surface area contributed by atoms with Crippen LogP contribution in [0.5, 0.6) is 0 Å². The van der Waals surface area contributed by atoms with Gasteiger partial charge in [0.15, 0.2) is 5.69 Å². The average Bonchev–Trinajstić information content (AvgIpc) is 2.78. The van der Waals surface area contributed by atoms with E-state index in [1.165, 1.54) is 16.6 Å². The maximum atomic E-state index is 13.8. The van der Waals surface area contributed by atoms with Gasteiger partial charge in [0.05, 0.1) is 19.7 Å². The number of hydrogen-bond acceptors (Lipinski definition) is 5. The molecule has 0 bridgehead atoms. The zero-order chi connectivity index (χ0) is 24.2. The van der Waals surface area contributed by atoms with Gasteiger partial charge in [-0.05, 0) is 42.6 Å². The van der Waals surface area contributed by atoms with Crippen LogP contribution >= 0.6 is 0 Å². The van der Waals surface area contributed by atoms with Gasteiger partial charge >= 0.3 is 5.69 Å². The molecule has 2 aromatic rings. The van der Waals surface area contributed by atoms with Crippen molar-refractivity contribution in [2.24, 2.45) is 17.3 Å². The maximum absolute atomic E-state index is 13.8. The molecule has 8 nitrogen and oxygen atoms in total. The molecule has 1 aliphatic carbocycles. The number of nitrogens with zero attached hydrogens (tertiary/aromatic N) is 2. The lowest BCUT2D eigenvalue weighted by Gasteiger charge is -2.38. The highest BCUT2D eigenvalue weighted by Gasteiger charge is 2.36. The topological polar surface area (TPSA) is 110 Å². The van der Waals surface area contributed by atoms with E-state index in [1.54, 1.807) is 0 Å². The Morgan fingerprint density at radius 2 is 1.79 bits per heavy atom. The largest absolute Gasteiger partial charge is 0.383 e. The summed E-state index contributed by atoms with van der Waals surface area (Å²) in [6, 6.07) is 9.49. The standard InChI is InChI=1S/C25H36N4O4/c1-25(2,3)19-12-10-18(11-13-19)23(31)29(16-17-8-6-5-7-9-17)20-21(26)28(14-15-33-4)24(32)27-22(20)30/h5-9,18-19H,10-16,26H2,1-4H3,(H,27,30,32). The van der Waals surface area contributed by atoms with Crippen molar-refractivity contribution in [2.45, 2.75) is 59.5 Å². The number of carbonyl (C=O) groups is 1. The third-order valence-electron chi connectivity index (χ3n) is 6.75. The number of amides is 1. The number of methoxy groups -OCH3 is 1. The van der Waals surface area contributed by atoms with Crippen LogP contribution in [0.4, 0.5) is 11.5 Å². The van der Waals surface area contributed by atoms with Crippen LogP contribution in [0.3, 0.4) is 0 Å². The Bertz CT molecular complexity index is 1060. The third-order valence-corrected chi connectivity index (χ3v) is 6.75. The second kappa shape index (κ2) is 10.4. The van der Waals surface area contributed by atoms with Crippen LogP contribution < -0.4 is 21.9 Å². The molecule has 180 valence electrons. The Hall–Kier alpha value is -2.87. The second-order valence-electron chi connectivity index (χ2n) is 9.96. The Kier molecular flexibility index (Phi) is 7.79. The van der Waals surface area contributed by atoms with E-state index in [1.807, 2.05) is 30.3 Å². The fourth-order valence-electron chi connectivity index (χ4n) is 4.70. The highest BCUT2D eigenvalue weighted by Crippen LogP contribution is 2.40. The van der Waals surface area contributed by atoms with Gasteiger partial charge in [0, 0.05) is 13.0 Å². The highest BCUT2D eigenvalue weighted by molar-refractivity contribution is 5.97. The van der Waals surface area contributed by atoms with Crippen molar-refractivity contribution in [3.63, 3.8) is 0 Å². The van der Waals surface area contributed by atoms with E-state index in [9.17, 15) is 14.4 Å². The number of aromatic nitrogens is 2. The monoisotopic (exact) mass is 456 g/mol. The van der Waals surface area contributed by atoms with Gasteiger partial charge in [-0.15, -0.1) is 0 Å². The molecule has 33 heavy (non-hydrogen) atoms. The summed E-state index contributed by atoms with van der Waals surface area (Å²) in [5, 5.41) is 0. The third kappa shape index (κ3) is 5.74. The number of carbonyl (C=O) groups excluding carboxylic acids is 1. The number of nitrogen functional groups attached to an aromatic ring is 1. The van der Waals surface area contributed by atoms with E-state index in [-0.39, 0.29) is 48.4 Å². The van der Waals surface area contributed by atoms with Gasteiger partial charge in [-0.3, -0.25) is 24.0 Å². The molecule has 0 aliphatic heterocycles. The van der Waals surface area contributed by atoms with E-state index in [0.717, 1.165) is 31.2 Å². The Morgan fingerprint density at radius 3 is 2.36 bits per heavy atom. The predicted octanol–water partition coefficient (Wildman–Crippen LogP) is 3.15. The van der Waals surface area contributed by atoms with Gasteiger partial charge in [0.25, 0.3) is 5.56 Å². The highest BCUT2D eigenvalue weighted by atomic mass is 16.5. The Labute approximate surface area is 194 Å². The molecule has 0 saturated heterocycles. The minimum Gasteiger partial charge on any atom is -0.383 e. The molecule has 1 aromatic carbocycles. The van der Waals surface area contributed by atoms with Crippen LogP contribution in [0.1, 0.15) is 52.0 Å². The molecule has 1 saturated carbocycles. The van der Waals surface area contributed by atoms with Crippen LogP contribution in [0, 0.1) is 17.3 Å². The van der Waals surface area contributed by atoms with Crippen molar-refractivity contribution in [2.75, 3.05) is 24.4 Å². The molecular formula is C25H36N4O4. The van der Waals surface area contributed by atoms with Crippen molar-refractivity contribution in [3.05, 3.63) is 56.7 Å². The van der Waals surface area contributed by atoms with Gasteiger partial charge in [-0.1, -0.05) is 51.1 Å². The number of nitrogens with one attached hydrogen (secondary N) is 1. The lowest BCUT2D eigenvalue weighted by atomic mass is 9.69. The molecule has 1 fully saturated rings. The van der Waals surface area contributed by atoms with Crippen LogP contribution in [0.25, 0.3) is 0 Å². The first kappa shape index (κ1) is 24.8. The van der Waals surface area contributed by atoms with E-state index in [4.69, 9.17) is 10.5 Å². The quantitative estimate of drug-likeness (QED) is 0.665. The molecule has 0 radical (unpaired) electrons. The minimum absolute atomic E-state index is 0.0199. The summed E-state index contributed by atoms with van der Waals surface area (Å²) in [5.41, 5.74) is 6.16. The Balaban J connectivity index is 1.99. The molecule has 1 heterocycles. The summed E-state index contributed by atoms with van der Waals surface area (Å²) < 4.78 is 6.33. The summed E-state index contributed by atoms with van der Waals surface area (Å²) in [7, 11) is 1.52. The summed E-state index contributed by atoms with van der Waals surface area (Å²) in [6.45, 7) is 7.35. The SMILES string of the molecule is COCCn1c(N)c(N(Cc2ccccc2)C(=O)C2CCC(C(C)(C)C)CC2)c(=O)[nH]c1=O. The minimum atomic E-state index is -0.654. The molecule has 0 unspecified atom stereocenters. The zero-order valence-corrected chi connectivity index (χ0v) is 20.1. The molecule has 0 spiro atoms. The molecule has 1 aromatic heterocycles. The molecule has 1 amide bonds. The van der Waals surface area contributed by atoms with Crippen molar-refractivity contribution < 1.29 is 9.53 Å². The van der Waals surface area contributed by atoms with E-state index in [0.29, 0.717) is 5.92 Å². The molecule has 8 heteroatoms. The van der Waals surface area contributed by atoms with Crippen molar-refractivity contribution in [3.8, 4) is 0 Å². The maximum Gasteiger partial charge on any atom is 0.330 e. The van der Waals surface area contributed by atoms with Crippen LogP contribution in [0.2, 0.25) is 0 Å². The van der Waals surface area contributed by atoms with Crippen molar-refractivity contribution >= 4 is 17.4 Å². The number of benzene rings is 1. The number of ether oxygens (including phenoxy) is 1. The molecule has 1 aliphatic rings. The first-order chi connectivity index (χ1) is 15.6. The normalized spacial score (nSPS) is 18.8. The van der Waals surface area contributed by atoms with E-state index >= 15 is 0 Å². The van der Waals surface area contributed by atoms with Gasteiger partial charge < -0.3 is 10.5 Å². The lowest BCUT2D eigenvalue weighted by molar-refractivity contribution is -0.124. The molecule has 0 atom stereocenters. The number of aromatic amines is 1. The number of nitrogens with two attached hydrogens (primary N) is 1. The number of anilines is 2. The fraction of sp³-hybridized carbons (Fsp3) is 0.560. The zero-order valence-electron chi connectivity index (χ0n) is 20.1. The average molecular weight is 457 g/mol. The van der Waals surface area contributed by atoms with E-state index < -0.39 is 11.2 Å². The number of H-pyrrole nitrogens is 1. The fourth-order valence-corrected chi connectivity index (χ4v) is 4.70. The number of hydrogen-bond donors (Lipinski definition) is 2. The molecule has 3 rings (SSSR count). The summed E-state index contributed by atoms with van der Waals surface area (Å²) in [5.74, 6) is 0.229. The van der Waals surface area contributed by atoms with Gasteiger partial charge in [0.1, 0.15) is 5.82 Å². The van der Waals surface area contributed by atoms with Gasteiger partial charge in [-0.2, -0.15) is 0 Å². The van der Waals surface area contributed by atoms with Gasteiger partial charge in [-0.25, -0.2) is 4.79 Å². The van der Waals surface area contributed by atoms with Crippen LogP contribution in [0.15, 0.2) is 39.9 Å². The predicted molar refractivity (Wildman–Crippen MR) is 130 cm³/mol. The van der Waals surface area contributed by atoms with Gasteiger partial charge in [0.2, 0.25) is 5.91 Å². The summed E-state index contributed by atoms with van der Waals surface area (Å²) >= 11 is 0. The second-order valence-corrected chi connectivity index (χ2v) is 9.96. The lowest BCUT2D eigenvalue weighted by Crippen LogP contribution is -2.44. The molecule has 3 N–H and O–H groups in total. The number of rotatable bonds is 7. The first-order valence-corrected chi connectivity index (χ1v) is 11.6. The van der Waals surface area contributed by atoms with Crippen LogP contribution in [-0.4, -0.2) is 29.2 Å². The summed E-state index contributed by atoms with van der Waals surface area (Å²) in [6.07, 6.45) is 3.48. The molecular weight excluding hydrogens is 420 g/mol. The van der Waals surface area contributed by atoms with Crippen molar-refractivity contribution in [1.29, 1.82) is 0 Å². The Morgan fingerprint density at radius 1 is 1.15 bits per heavy atom. The van der Waals surface area contributed by atoms with E-state index in [2.05, 4.69) is 25.8 Å². The first-order valence-electron chi connectivity index (χ1n) is 11.6. The smallest absolute Gasteiger partial charge is 0.330 e. The van der Waals surface area contributed by atoms with Crippen molar-refractivity contribution in [1.82, 2.24) is 9.55 Å². The summed E-state index contributed by atoms with van der Waals surface area (Å²) in [4.78, 5) is 42.9.